The molecule has 156 valence electrons. The highest BCUT2D eigenvalue weighted by molar-refractivity contribution is 5.81. The van der Waals surface area contributed by atoms with Crippen molar-refractivity contribution in [1.29, 1.82) is 0 Å². The van der Waals surface area contributed by atoms with Gasteiger partial charge in [-0.05, 0) is 55.7 Å². The first-order valence-corrected chi connectivity index (χ1v) is 9.50. The number of hydrogen-bond donors (Lipinski definition) is 1. The summed E-state index contributed by atoms with van der Waals surface area (Å²) in [4.78, 5) is 35.2. The molecule has 1 aromatic heterocycles. The summed E-state index contributed by atoms with van der Waals surface area (Å²) >= 11 is 0. The number of ether oxygens (including phenoxy) is 2. The number of rotatable bonds is 7. The number of amides is 1. The van der Waals surface area contributed by atoms with E-state index in [1.807, 2.05) is 39.0 Å². The van der Waals surface area contributed by atoms with E-state index in [-0.39, 0.29) is 12.6 Å². The third-order valence-corrected chi connectivity index (χ3v) is 4.72. The Hall–Kier alpha value is -3.61. The number of fused-ring (bicyclic) bond motifs is 1. The molecule has 30 heavy (non-hydrogen) atoms. The SMILES string of the molecule is Cc1ccc(C(C)NC(=O)COC(=O)COc2ccc3ccc(=O)oc3c2)cc1C. The lowest BCUT2D eigenvalue weighted by molar-refractivity contribution is -0.150. The van der Waals surface area contributed by atoms with Gasteiger partial charge >= 0.3 is 11.6 Å². The summed E-state index contributed by atoms with van der Waals surface area (Å²) in [6.07, 6.45) is 0. The van der Waals surface area contributed by atoms with Gasteiger partial charge in [-0.25, -0.2) is 9.59 Å². The number of aryl methyl sites for hydroxylation is 2. The van der Waals surface area contributed by atoms with E-state index in [4.69, 9.17) is 13.9 Å². The van der Waals surface area contributed by atoms with Crippen molar-refractivity contribution >= 4 is 22.8 Å². The Kier molecular flexibility index (Phi) is 6.51. The molecule has 0 spiro atoms. The molecule has 0 bridgehead atoms. The van der Waals surface area contributed by atoms with E-state index in [0.29, 0.717) is 11.3 Å². The van der Waals surface area contributed by atoms with Gasteiger partial charge in [-0.2, -0.15) is 0 Å². The summed E-state index contributed by atoms with van der Waals surface area (Å²) in [5, 5.41) is 3.53. The van der Waals surface area contributed by atoms with Crippen LogP contribution in [0.2, 0.25) is 0 Å². The molecule has 3 aromatic rings. The molecule has 0 aliphatic carbocycles. The van der Waals surface area contributed by atoms with Gasteiger partial charge in [0.2, 0.25) is 0 Å². The summed E-state index contributed by atoms with van der Waals surface area (Å²) in [7, 11) is 0. The molecule has 1 amide bonds. The number of esters is 1. The Bertz CT molecular complexity index is 1130. The highest BCUT2D eigenvalue weighted by Crippen LogP contribution is 2.19. The van der Waals surface area contributed by atoms with Gasteiger partial charge in [0, 0.05) is 17.5 Å². The van der Waals surface area contributed by atoms with Crippen molar-refractivity contribution in [2.75, 3.05) is 13.2 Å². The van der Waals surface area contributed by atoms with Crippen LogP contribution in [-0.2, 0) is 14.3 Å². The molecule has 1 atom stereocenters. The van der Waals surface area contributed by atoms with Crippen LogP contribution in [0.3, 0.4) is 0 Å². The van der Waals surface area contributed by atoms with Crippen LogP contribution in [0.15, 0.2) is 57.7 Å². The molecule has 7 nitrogen and oxygen atoms in total. The van der Waals surface area contributed by atoms with Crippen LogP contribution in [0.5, 0.6) is 5.75 Å². The Morgan fingerprint density at radius 3 is 2.53 bits per heavy atom. The van der Waals surface area contributed by atoms with Crippen molar-refractivity contribution < 1.29 is 23.5 Å². The second-order valence-corrected chi connectivity index (χ2v) is 7.04. The van der Waals surface area contributed by atoms with Crippen molar-refractivity contribution in [2.24, 2.45) is 0 Å². The van der Waals surface area contributed by atoms with Gasteiger partial charge in [-0.3, -0.25) is 4.79 Å². The van der Waals surface area contributed by atoms with E-state index in [1.54, 1.807) is 18.2 Å². The van der Waals surface area contributed by atoms with Gasteiger partial charge in [0.15, 0.2) is 13.2 Å². The molecule has 2 aromatic carbocycles. The zero-order valence-electron chi connectivity index (χ0n) is 17.1. The van der Waals surface area contributed by atoms with Gasteiger partial charge in [-0.15, -0.1) is 0 Å². The number of carbonyl (C=O) groups is 2. The quantitative estimate of drug-likeness (QED) is 0.476. The fraction of sp³-hybridized carbons (Fsp3) is 0.261. The summed E-state index contributed by atoms with van der Waals surface area (Å²) < 4.78 is 15.4. The maximum atomic E-state index is 12.1. The standard InChI is InChI=1S/C23H23NO6/c1-14-4-5-18(10-15(14)2)16(3)24-21(25)12-29-23(27)13-28-19-8-6-17-7-9-22(26)30-20(17)11-19/h4-11,16H,12-13H2,1-3H3,(H,24,25). The Morgan fingerprint density at radius 1 is 1.00 bits per heavy atom. The minimum absolute atomic E-state index is 0.209. The fourth-order valence-electron chi connectivity index (χ4n) is 2.86. The Labute approximate surface area is 173 Å². The van der Waals surface area contributed by atoms with Gasteiger partial charge in [0.25, 0.3) is 5.91 Å². The van der Waals surface area contributed by atoms with Crippen LogP contribution in [0.25, 0.3) is 11.0 Å². The Morgan fingerprint density at radius 2 is 1.77 bits per heavy atom. The largest absolute Gasteiger partial charge is 0.482 e. The number of benzene rings is 2. The first-order chi connectivity index (χ1) is 14.3. The van der Waals surface area contributed by atoms with Crippen LogP contribution in [0.1, 0.15) is 29.7 Å². The smallest absolute Gasteiger partial charge is 0.344 e. The minimum atomic E-state index is -0.682. The van der Waals surface area contributed by atoms with E-state index < -0.39 is 24.1 Å². The lowest BCUT2D eigenvalue weighted by atomic mass is 10.0. The first kappa shape index (κ1) is 21.1. The lowest BCUT2D eigenvalue weighted by Gasteiger charge is -2.16. The van der Waals surface area contributed by atoms with Gasteiger partial charge < -0.3 is 19.2 Å². The van der Waals surface area contributed by atoms with E-state index in [0.717, 1.165) is 16.5 Å². The molecule has 0 saturated carbocycles. The monoisotopic (exact) mass is 409 g/mol. The lowest BCUT2D eigenvalue weighted by Crippen LogP contribution is -2.32. The minimum Gasteiger partial charge on any atom is -0.482 e. The van der Waals surface area contributed by atoms with Gasteiger partial charge in [0.05, 0.1) is 6.04 Å². The average molecular weight is 409 g/mol. The number of nitrogens with one attached hydrogen (secondary N) is 1. The molecular weight excluding hydrogens is 386 g/mol. The molecule has 3 rings (SSSR count). The van der Waals surface area contributed by atoms with Crippen molar-refractivity contribution in [2.45, 2.75) is 26.8 Å². The fourth-order valence-corrected chi connectivity index (χ4v) is 2.86. The molecule has 1 heterocycles. The molecule has 0 fully saturated rings. The predicted molar refractivity (Wildman–Crippen MR) is 111 cm³/mol. The van der Waals surface area contributed by atoms with Crippen LogP contribution in [0.4, 0.5) is 0 Å². The molecular formula is C23H23NO6. The summed E-state index contributed by atoms with van der Waals surface area (Å²) in [6.45, 7) is 5.13. The highest BCUT2D eigenvalue weighted by Gasteiger charge is 2.13. The summed E-state index contributed by atoms with van der Waals surface area (Å²) in [5.74, 6) is -0.734. The molecule has 0 aliphatic rings. The molecule has 0 saturated heterocycles. The second kappa shape index (κ2) is 9.26. The third-order valence-electron chi connectivity index (χ3n) is 4.72. The zero-order valence-corrected chi connectivity index (χ0v) is 17.1. The van der Waals surface area contributed by atoms with E-state index in [2.05, 4.69) is 5.32 Å². The van der Waals surface area contributed by atoms with E-state index in [1.165, 1.54) is 17.7 Å². The molecule has 1 N–H and O–H groups in total. The molecule has 7 heteroatoms. The summed E-state index contributed by atoms with van der Waals surface area (Å²) in [6, 6.07) is 13.6. The molecule has 1 unspecified atom stereocenters. The highest BCUT2D eigenvalue weighted by atomic mass is 16.6. The van der Waals surface area contributed by atoms with E-state index >= 15 is 0 Å². The number of hydrogen-bond acceptors (Lipinski definition) is 6. The van der Waals surface area contributed by atoms with Gasteiger partial charge in [-0.1, -0.05) is 18.2 Å². The maximum absolute atomic E-state index is 12.1. The Balaban J connectivity index is 1.46. The van der Waals surface area contributed by atoms with Crippen LogP contribution in [0, 0.1) is 13.8 Å². The van der Waals surface area contributed by atoms with Gasteiger partial charge in [0.1, 0.15) is 11.3 Å². The number of carbonyl (C=O) groups excluding carboxylic acids is 2. The maximum Gasteiger partial charge on any atom is 0.344 e. The zero-order chi connectivity index (χ0) is 21.7. The molecule has 0 radical (unpaired) electrons. The average Bonchev–Trinajstić information content (AvgIpc) is 2.72. The van der Waals surface area contributed by atoms with Crippen LogP contribution >= 0.6 is 0 Å². The van der Waals surface area contributed by atoms with E-state index in [9.17, 15) is 14.4 Å². The predicted octanol–water partition coefficient (Wildman–Crippen LogP) is 3.21. The third kappa shape index (κ3) is 5.47. The van der Waals surface area contributed by atoms with Crippen molar-refractivity contribution in [3.63, 3.8) is 0 Å². The van der Waals surface area contributed by atoms with Crippen molar-refractivity contribution in [1.82, 2.24) is 5.32 Å². The normalized spacial score (nSPS) is 11.7. The summed E-state index contributed by atoms with van der Waals surface area (Å²) in [5.41, 5.74) is 3.18. The topological polar surface area (TPSA) is 94.8 Å². The molecule has 0 aliphatic heterocycles. The van der Waals surface area contributed by atoms with Crippen molar-refractivity contribution in [3.05, 3.63) is 75.6 Å². The van der Waals surface area contributed by atoms with Crippen molar-refractivity contribution in [3.8, 4) is 5.75 Å². The van der Waals surface area contributed by atoms with Crippen LogP contribution in [-0.4, -0.2) is 25.1 Å². The second-order valence-electron chi connectivity index (χ2n) is 7.04. The van der Waals surface area contributed by atoms with Crippen LogP contribution < -0.4 is 15.7 Å². The first-order valence-electron chi connectivity index (χ1n) is 9.50.